The highest BCUT2D eigenvalue weighted by molar-refractivity contribution is 7.92. The first-order valence-corrected chi connectivity index (χ1v) is 15.5. The van der Waals surface area contributed by atoms with Gasteiger partial charge < -0.3 is 14.2 Å². The molecular weight excluding hydrogens is 556 g/mol. The predicted molar refractivity (Wildman–Crippen MR) is 151 cm³/mol. The Bertz CT molecular complexity index is 1740. The highest BCUT2D eigenvalue weighted by atomic mass is 32.2. The molecule has 0 aliphatic rings. The molecule has 4 rings (SSSR count). The van der Waals surface area contributed by atoms with Gasteiger partial charge in [0, 0.05) is 16.8 Å². The van der Waals surface area contributed by atoms with Crippen molar-refractivity contribution >= 4 is 42.6 Å². The van der Waals surface area contributed by atoms with Crippen molar-refractivity contribution in [2.75, 3.05) is 24.5 Å². The Balaban J connectivity index is 1.81. The SMILES string of the molecule is CCOC(=O)c1c(C)n(S(=O)(=O)c2ccc(OCC)cc2)c2ccc(NS(=O)(=O)c3ccc(OCC)cc3)cc12. The number of nitrogens with one attached hydrogen (secondary N) is 1. The molecule has 1 aromatic heterocycles. The van der Waals surface area contributed by atoms with E-state index in [1.54, 1.807) is 31.2 Å². The molecule has 0 unspecified atom stereocenters. The van der Waals surface area contributed by atoms with Crippen LogP contribution < -0.4 is 14.2 Å². The van der Waals surface area contributed by atoms with Crippen LogP contribution in [0.1, 0.15) is 36.8 Å². The average Bonchev–Trinajstić information content (AvgIpc) is 3.21. The Hall–Kier alpha value is -4.03. The number of sulfonamides is 1. The van der Waals surface area contributed by atoms with Gasteiger partial charge in [-0.05, 0) is 94.4 Å². The fourth-order valence-electron chi connectivity index (χ4n) is 4.30. The monoisotopic (exact) mass is 586 g/mol. The van der Waals surface area contributed by atoms with Crippen molar-refractivity contribution in [3.05, 3.63) is 78.0 Å². The van der Waals surface area contributed by atoms with Crippen molar-refractivity contribution in [2.45, 2.75) is 37.5 Å². The largest absolute Gasteiger partial charge is 0.494 e. The van der Waals surface area contributed by atoms with Gasteiger partial charge >= 0.3 is 5.97 Å². The summed E-state index contributed by atoms with van der Waals surface area (Å²) in [5.41, 5.74) is 0.489. The molecule has 4 aromatic rings. The third-order valence-electron chi connectivity index (χ3n) is 6.00. The molecular formula is C28H30N2O8S2. The van der Waals surface area contributed by atoms with E-state index in [4.69, 9.17) is 14.2 Å². The van der Waals surface area contributed by atoms with Gasteiger partial charge in [0.05, 0.1) is 40.7 Å². The molecule has 0 saturated heterocycles. The number of ether oxygens (including phenoxy) is 3. The summed E-state index contributed by atoms with van der Waals surface area (Å²) in [5, 5.41) is 0.220. The van der Waals surface area contributed by atoms with Crippen LogP contribution in [-0.2, 0) is 24.8 Å². The number of benzene rings is 3. The number of anilines is 1. The van der Waals surface area contributed by atoms with Gasteiger partial charge in [0.15, 0.2) is 0 Å². The molecule has 0 bridgehead atoms. The predicted octanol–water partition coefficient (Wildman–Crippen LogP) is 4.96. The first kappa shape index (κ1) is 29.0. The minimum atomic E-state index is -4.15. The second-order valence-corrected chi connectivity index (χ2v) is 12.1. The van der Waals surface area contributed by atoms with Gasteiger partial charge in [-0.3, -0.25) is 4.72 Å². The summed E-state index contributed by atoms with van der Waals surface area (Å²) in [6.45, 7) is 7.73. The number of hydrogen-bond acceptors (Lipinski definition) is 8. The van der Waals surface area contributed by atoms with Crippen LogP contribution in [0.25, 0.3) is 10.9 Å². The van der Waals surface area contributed by atoms with E-state index >= 15 is 0 Å². The van der Waals surface area contributed by atoms with Crippen molar-refractivity contribution in [1.29, 1.82) is 0 Å². The van der Waals surface area contributed by atoms with Gasteiger partial charge in [-0.2, -0.15) is 0 Å². The molecule has 10 nitrogen and oxygen atoms in total. The first-order valence-electron chi connectivity index (χ1n) is 12.6. The fourth-order valence-corrected chi connectivity index (χ4v) is 6.91. The van der Waals surface area contributed by atoms with Crippen LogP contribution in [0.2, 0.25) is 0 Å². The van der Waals surface area contributed by atoms with Gasteiger partial charge in [-0.15, -0.1) is 0 Å². The minimum absolute atomic E-state index is 0.00774. The standard InChI is InChI=1S/C28H30N2O8S2/c1-5-36-21-9-13-23(14-10-21)39(32,33)29-20-8-17-26-25(18-20)27(28(31)38-7-3)19(4)30(26)40(34,35)24-15-11-22(12-16-24)37-6-2/h8-18,29H,5-7H2,1-4H3. The highest BCUT2D eigenvalue weighted by Gasteiger charge is 2.29. The van der Waals surface area contributed by atoms with Crippen molar-refractivity contribution in [3.8, 4) is 11.5 Å². The van der Waals surface area contributed by atoms with Gasteiger partial charge in [0.1, 0.15) is 11.5 Å². The van der Waals surface area contributed by atoms with Crippen LogP contribution in [0.4, 0.5) is 5.69 Å². The number of carbonyl (C=O) groups excluding carboxylic acids is 1. The number of fused-ring (bicyclic) bond motifs is 1. The Morgan fingerprint density at radius 3 is 1.85 bits per heavy atom. The number of esters is 1. The highest BCUT2D eigenvalue weighted by Crippen LogP contribution is 2.33. The van der Waals surface area contributed by atoms with E-state index in [-0.39, 0.29) is 44.2 Å². The van der Waals surface area contributed by atoms with E-state index in [1.165, 1.54) is 49.4 Å². The zero-order valence-corrected chi connectivity index (χ0v) is 24.1. The maximum atomic E-state index is 13.8. The second-order valence-electron chi connectivity index (χ2n) is 8.60. The summed E-state index contributed by atoms with van der Waals surface area (Å²) in [7, 11) is -8.15. The molecule has 12 heteroatoms. The number of rotatable bonds is 11. The van der Waals surface area contributed by atoms with Gasteiger partial charge in [-0.1, -0.05) is 0 Å². The van der Waals surface area contributed by atoms with Crippen LogP contribution in [0, 0.1) is 6.92 Å². The molecule has 0 aliphatic carbocycles. The van der Waals surface area contributed by atoms with Crippen LogP contribution in [-0.4, -0.2) is 46.6 Å². The Morgan fingerprint density at radius 1 is 0.775 bits per heavy atom. The second kappa shape index (κ2) is 11.6. The zero-order chi connectivity index (χ0) is 29.1. The van der Waals surface area contributed by atoms with Crippen LogP contribution in [0.15, 0.2) is 76.5 Å². The fraction of sp³-hybridized carbons (Fsp3) is 0.250. The van der Waals surface area contributed by atoms with Crippen LogP contribution in [0.5, 0.6) is 11.5 Å². The van der Waals surface area contributed by atoms with Crippen molar-refractivity contribution in [3.63, 3.8) is 0 Å². The zero-order valence-electron chi connectivity index (χ0n) is 22.5. The summed E-state index contributed by atoms with van der Waals surface area (Å²) < 4.78 is 73.2. The molecule has 0 saturated carbocycles. The first-order chi connectivity index (χ1) is 19.0. The molecule has 0 spiro atoms. The lowest BCUT2D eigenvalue weighted by Crippen LogP contribution is -2.15. The van der Waals surface area contributed by atoms with Gasteiger partial charge in [0.2, 0.25) is 0 Å². The Kier molecular flexibility index (Phi) is 8.40. The van der Waals surface area contributed by atoms with E-state index < -0.39 is 26.0 Å². The molecule has 0 amide bonds. The number of aromatic nitrogens is 1. The summed E-state index contributed by atoms with van der Waals surface area (Å²) >= 11 is 0. The Labute approximate surface area is 233 Å². The molecule has 212 valence electrons. The molecule has 0 fully saturated rings. The number of hydrogen-bond donors (Lipinski definition) is 1. The number of carbonyl (C=O) groups is 1. The quantitative estimate of drug-likeness (QED) is 0.244. The van der Waals surface area contributed by atoms with Gasteiger partial charge in [0.25, 0.3) is 20.0 Å². The average molecular weight is 587 g/mol. The molecule has 0 atom stereocenters. The summed E-state index contributed by atoms with van der Waals surface area (Å²) in [5.74, 6) is 0.330. The maximum Gasteiger partial charge on any atom is 0.340 e. The van der Waals surface area contributed by atoms with E-state index in [2.05, 4.69) is 4.72 Å². The maximum absolute atomic E-state index is 13.8. The third-order valence-corrected chi connectivity index (χ3v) is 9.22. The minimum Gasteiger partial charge on any atom is -0.494 e. The lowest BCUT2D eigenvalue weighted by molar-refractivity contribution is 0.0528. The molecule has 0 radical (unpaired) electrons. The van der Waals surface area contributed by atoms with Crippen LogP contribution in [0.3, 0.4) is 0 Å². The lowest BCUT2D eigenvalue weighted by Gasteiger charge is -2.12. The van der Waals surface area contributed by atoms with Crippen LogP contribution >= 0.6 is 0 Å². The van der Waals surface area contributed by atoms with E-state index in [0.29, 0.717) is 24.7 Å². The summed E-state index contributed by atoms with van der Waals surface area (Å²) in [6.07, 6.45) is 0. The van der Waals surface area contributed by atoms with Crippen molar-refractivity contribution < 1.29 is 35.8 Å². The molecule has 1 heterocycles. The summed E-state index contributed by atoms with van der Waals surface area (Å²) in [6, 6.07) is 16.2. The lowest BCUT2D eigenvalue weighted by atomic mass is 10.1. The Morgan fingerprint density at radius 2 is 1.32 bits per heavy atom. The normalized spacial score (nSPS) is 11.8. The molecule has 0 aliphatic heterocycles. The van der Waals surface area contributed by atoms with Gasteiger partial charge in [-0.25, -0.2) is 25.6 Å². The molecule has 1 N–H and O–H groups in total. The van der Waals surface area contributed by atoms with E-state index in [0.717, 1.165) is 3.97 Å². The van der Waals surface area contributed by atoms with E-state index in [1.807, 2.05) is 13.8 Å². The van der Waals surface area contributed by atoms with Crippen molar-refractivity contribution in [1.82, 2.24) is 3.97 Å². The number of nitrogens with zero attached hydrogens (tertiary/aromatic N) is 1. The molecule has 3 aromatic carbocycles. The molecule has 40 heavy (non-hydrogen) atoms. The third kappa shape index (κ3) is 5.63. The smallest absolute Gasteiger partial charge is 0.340 e. The summed E-state index contributed by atoms with van der Waals surface area (Å²) in [4.78, 5) is 13.0. The topological polar surface area (TPSA) is 130 Å². The van der Waals surface area contributed by atoms with E-state index in [9.17, 15) is 21.6 Å². The van der Waals surface area contributed by atoms with Crippen molar-refractivity contribution in [2.24, 2.45) is 0 Å².